The van der Waals surface area contributed by atoms with Gasteiger partial charge in [0.2, 0.25) is 5.88 Å². The molecule has 0 saturated heterocycles. The number of nitrogens with two attached hydrogens (primary N) is 1. The third-order valence-corrected chi connectivity index (χ3v) is 1.89. The van der Waals surface area contributed by atoms with Crippen LogP contribution in [0.1, 0.15) is 0 Å². The molecule has 13 heavy (non-hydrogen) atoms. The quantitative estimate of drug-likeness (QED) is 0.670. The molecule has 0 fully saturated rings. The topological polar surface area (TPSA) is 55.3 Å². The Bertz CT molecular complexity index is 433. The van der Waals surface area contributed by atoms with E-state index in [0.717, 1.165) is 22.5 Å². The average molecular weight is 177 g/mol. The number of aromatic nitrogens is 1. The average Bonchev–Trinajstić information content (AvgIpc) is 2.46. The number of benzene rings is 1. The zero-order valence-corrected chi connectivity index (χ0v) is 7.61. The van der Waals surface area contributed by atoms with Crippen LogP contribution < -0.4 is 10.6 Å². The Hall–Kier alpha value is -1.71. The molecule has 0 unspecified atom stereocenters. The number of hydrogen-bond acceptors (Lipinski definition) is 4. The Labute approximate surface area is 75.9 Å². The van der Waals surface area contributed by atoms with E-state index in [2.05, 4.69) is 5.16 Å². The smallest absolute Gasteiger partial charge is 0.234 e. The van der Waals surface area contributed by atoms with Gasteiger partial charge in [-0.25, -0.2) is 0 Å². The minimum atomic E-state index is 0.721. The molecule has 2 aromatic rings. The van der Waals surface area contributed by atoms with Crippen LogP contribution in [0.2, 0.25) is 0 Å². The molecule has 2 N–H and O–H groups in total. The lowest BCUT2D eigenvalue weighted by molar-refractivity contribution is 0.432. The molecule has 0 saturated carbocycles. The van der Waals surface area contributed by atoms with Crippen molar-refractivity contribution >= 4 is 22.5 Å². The Morgan fingerprint density at radius 1 is 1.38 bits per heavy atom. The first kappa shape index (κ1) is 7.91. The fourth-order valence-corrected chi connectivity index (χ4v) is 1.27. The molecule has 0 bridgehead atoms. The maximum absolute atomic E-state index is 5.66. The molecule has 4 nitrogen and oxygen atoms in total. The first-order chi connectivity index (χ1) is 6.18. The van der Waals surface area contributed by atoms with E-state index < -0.39 is 0 Å². The Kier molecular flexibility index (Phi) is 1.62. The molecule has 0 radical (unpaired) electrons. The third-order valence-electron chi connectivity index (χ3n) is 1.89. The lowest BCUT2D eigenvalue weighted by atomic mass is 10.2. The van der Waals surface area contributed by atoms with Gasteiger partial charge in [-0.15, -0.1) is 0 Å². The van der Waals surface area contributed by atoms with Gasteiger partial charge in [-0.05, 0) is 18.2 Å². The van der Waals surface area contributed by atoms with Crippen molar-refractivity contribution < 1.29 is 4.52 Å². The molecule has 0 amide bonds. The molecular weight excluding hydrogens is 166 g/mol. The van der Waals surface area contributed by atoms with Crippen LogP contribution in [-0.2, 0) is 0 Å². The summed E-state index contributed by atoms with van der Waals surface area (Å²) in [5, 5.41) is 4.86. The zero-order chi connectivity index (χ0) is 9.42. The van der Waals surface area contributed by atoms with E-state index in [1.807, 2.05) is 37.2 Å². The van der Waals surface area contributed by atoms with Crippen LogP contribution in [0, 0.1) is 0 Å². The molecule has 68 valence electrons. The normalized spacial score (nSPS) is 10.6. The van der Waals surface area contributed by atoms with Crippen molar-refractivity contribution in [2.24, 2.45) is 0 Å². The summed E-state index contributed by atoms with van der Waals surface area (Å²) in [6.45, 7) is 0. The summed E-state index contributed by atoms with van der Waals surface area (Å²) >= 11 is 0. The first-order valence-electron chi connectivity index (χ1n) is 4.01. The summed E-state index contributed by atoms with van der Waals surface area (Å²) in [6.07, 6.45) is 0. The van der Waals surface area contributed by atoms with Crippen LogP contribution in [0.4, 0.5) is 11.6 Å². The van der Waals surface area contributed by atoms with E-state index in [9.17, 15) is 0 Å². The summed E-state index contributed by atoms with van der Waals surface area (Å²) in [5.41, 5.74) is 7.22. The van der Waals surface area contributed by atoms with Crippen molar-refractivity contribution in [3.63, 3.8) is 0 Å². The van der Waals surface area contributed by atoms with Crippen molar-refractivity contribution in [2.45, 2.75) is 0 Å². The van der Waals surface area contributed by atoms with Gasteiger partial charge in [0.25, 0.3) is 0 Å². The molecule has 1 aromatic heterocycles. The number of fused-ring (bicyclic) bond motifs is 1. The van der Waals surface area contributed by atoms with Crippen molar-refractivity contribution in [1.29, 1.82) is 0 Å². The van der Waals surface area contributed by atoms with Gasteiger partial charge in [0.05, 0.1) is 5.39 Å². The largest absolute Gasteiger partial charge is 0.399 e. The fraction of sp³-hybridized carbons (Fsp3) is 0.222. The van der Waals surface area contributed by atoms with Gasteiger partial charge in [0.15, 0.2) is 0 Å². The number of nitrogens with zero attached hydrogens (tertiary/aromatic N) is 2. The minimum Gasteiger partial charge on any atom is -0.399 e. The molecule has 0 spiro atoms. The van der Waals surface area contributed by atoms with Crippen LogP contribution in [0.25, 0.3) is 10.9 Å². The maximum atomic E-state index is 5.66. The van der Waals surface area contributed by atoms with E-state index >= 15 is 0 Å². The van der Waals surface area contributed by atoms with Gasteiger partial charge in [-0.3, -0.25) is 0 Å². The predicted octanol–water partition coefficient (Wildman–Crippen LogP) is 1.48. The molecule has 2 rings (SSSR count). The summed E-state index contributed by atoms with van der Waals surface area (Å²) in [4.78, 5) is 1.87. The number of anilines is 2. The van der Waals surface area contributed by atoms with Gasteiger partial charge >= 0.3 is 0 Å². The van der Waals surface area contributed by atoms with Crippen molar-refractivity contribution in [1.82, 2.24) is 5.16 Å². The summed E-state index contributed by atoms with van der Waals surface area (Å²) in [5.74, 6) is 0.738. The molecular formula is C9H11N3O. The number of hydrogen-bond donors (Lipinski definition) is 1. The molecule has 0 atom stereocenters. The fourth-order valence-electron chi connectivity index (χ4n) is 1.27. The van der Waals surface area contributed by atoms with E-state index in [-0.39, 0.29) is 0 Å². The van der Waals surface area contributed by atoms with Crippen LogP contribution >= 0.6 is 0 Å². The van der Waals surface area contributed by atoms with E-state index in [0.29, 0.717) is 0 Å². The van der Waals surface area contributed by atoms with Crippen LogP contribution in [0.3, 0.4) is 0 Å². The SMILES string of the molecule is CN(C)c1onc2ccc(N)cc12. The standard InChI is InChI=1S/C9H11N3O/c1-12(2)9-7-5-6(10)3-4-8(7)11-13-9/h3-5H,10H2,1-2H3. The Balaban J connectivity index is 2.71. The summed E-state index contributed by atoms with van der Waals surface area (Å²) in [7, 11) is 3.81. The van der Waals surface area contributed by atoms with Crippen molar-refractivity contribution in [2.75, 3.05) is 24.7 Å². The second-order valence-electron chi connectivity index (χ2n) is 3.16. The molecule has 0 aliphatic heterocycles. The first-order valence-corrected chi connectivity index (χ1v) is 4.01. The molecule has 0 aliphatic rings. The van der Waals surface area contributed by atoms with E-state index in [1.54, 1.807) is 0 Å². The van der Waals surface area contributed by atoms with E-state index in [4.69, 9.17) is 10.3 Å². The highest BCUT2D eigenvalue weighted by Crippen LogP contribution is 2.26. The highest BCUT2D eigenvalue weighted by Gasteiger charge is 2.09. The third kappa shape index (κ3) is 1.20. The van der Waals surface area contributed by atoms with Crippen LogP contribution in [0.15, 0.2) is 22.7 Å². The van der Waals surface area contributed by atoms with Crippen LogP contribution in [0.5, 0.6) is 0 Å². The maximum Gasteiger partial charge on any atom is 0.234 e. The van der Waals surface area contributed by atoms with Gasteiger partial charge in [0, 0.05) is 19.8 Å². The minimum absolute atomic E-state index is 0.721. The van der Waals surface area contributed by atoms with Gasteiger partial charge < -0.3 is 15.2 Å². The second kappa shape index (κ2) is 2.65. The lowest BCUT2D eigenvalue weighted by Gasteiger charge is -2.06. The van der Waals surface area contributed by atoms with Crippen molar-refractivity contribution in [3.05, 3.63) is 18.2 Å². The Morgan fingerprint density at radius 3 is 2.85 bits per heavy atom. The van der Waals surface area contributed by atoms with Crippen LogP contribution in [-0.4, -0.2) is 19.3 Å². The summed E-state index contributed by atoms with van der Waals surface area (Å²) < 4.78 is 5.15. The molecule has 1 heterocycles. The predicted molar refractivity (Wildman–Crippen MR) is 52.7 cm³/mol. The molecule has 1 aromatic carbocycles. The van der Waals surface area contributed by atoms with Gasteiger partial charge in [-0.1, -0.05) is 5.16 Å². The number of rotatable bonds is 1. The Morgan fingerprint density at radius 2 is 2.15 bits per heavy atom. The van der Waals surface area contributed by atoms with Gasteiger partial charge in [-0.2, -0.15) is 0 Å². The monoisotopic (exact) mass is 177 g/mol. The van der Waals surface area contributed by atoms with Gasteiger partial charge in [0.1, 0.15) is 5.52 Å². The summed E-state index contributed by atoms with van der Waals surface area (Å²) in [6, 6.07) is 5.52. The lowest BCUT2D eigenvalue weighted by Crippen LogP contribution is -2.07. The molecule has 4 heteroatoms. The zero-order valence-electron chi connectivity index (χ0n) is 7.61. The second-order valence-corrected chi connectivity index (χ2v) is 3.16. The van der Waals surface area contributed by atoms with E-state index in [1.165, 1.54) is 0 Å². The highest BCUT2D eigenvalue weighted by atomic mass is 16.5. The molecule has 0 aliphatic carbocycles. The highest BCUT2D eigenvalue weighted by molar-refractivity contribution is 5.90. The van der Waals surface area contributed by atoms with Crippen molar-refractivity contribution in [3.8, 4) is 0 Å². The number of nitrogen functional groups attached to an aromatic ring is 1.